The van der Waals surface area contributed by atoms with Gasteiger partial charge in [0.05, 0.1) is 6.04 Å². The largest absolute Gasteiger partial charge is 0.340 e. The molecule has 0 spiro atoms. The van der Waals surface area contributed by atoms with Gasteiger partial charge in [0.25, 0.3) is 0 Å². The van der Waals surface area contributed by atoms with Crippen molar-refractivity contribution in [3.63, 3.8) is 0 Å². The molecule has 0 radical (unpaired) electrons. The van der Waals surface area contributed by atoms with Crippen molar-refractivity contribution in [2.24, 2.45) is 0 Å². The monoisotopic (exact) mass is 290 g/mol. The molecule has 0 unspecified atom stereocenters. The summed E-state index contributed by atoms with van der Waals surface area (Å²) in [6.07, 6.45) is 1.06. The van der Waals surface area contributed by atoms with Crippen molar-refractivity contribution in [2.45, 2.75) is 25.9 Å². The van der Waals surface area contributed by atoms with E-state index in [9.17, 15) is 4.79 Å². The van der Waals surface area contributed by atoms with Gasteiger partial charge in [-0.25, -0.2) is 0 Å². The zero-order valence-electron chi connectivity index (χ0n) is 12.0. The fourth-order valence-corrected chi connectivity index (χ4v) is 3.96. The van der Waals surface area contributed by atoms with Gasteiger partial charge in [-0.15, -0.1) is 0 Å². The lowest BCUT2D eigenvalue weighted by Crippen LogP contribution is -2.50. The summed E-state index contributed by atoms with van der Waals surface area (Å²) in [5.74, 6) is 2.48. The van der Waals surface area contributed by atoms with Gasteiger partial charge >= 0.3 is 0 Å². The molecule has 0 bridgehead atoms. The summed E-state index contributed by atoms with van der Waals surface area (Å²) in [7, 11) is 0. The molecule has 0 saturated carbocycles. The number of amides is 1. The minimum absolute atomic E-state index is 0.00598. The van der Waals surface area contributed by atoms with E-state index >= 15 is 0 Å². The van der Waals surface area contributed by atoms with E-state index in [1.54, 1.807) is 0 Å². The van der Waals surface area contributed by atoms with E-state index in [2.05, 4.69) is 36.1 Å². The Morgan fingerprint density at radius 1 is 1.15 bits per heavy atom. The summed E-state index contributed by atoms with van der Waals surface area (Å²) in [4.78, 5) is 17.0. The van der Waals surface area contributed by atoms with Crippen molar-refractivity contribution in [2.75, 3.05) is 31.1 Å². The predicted octanol–water partition coefficient (Wildman–Crippen LogP) is 2.01. The summed E-state index contributed by atoms with van der Waals surface area (Å²) < 4.78 is 0. The second kappa shape index (κ2) is 6.19. The highest BCUT2D eigenvalue weighted by atomic mass is 32.2. The van der Waals surface area contributed by atoms with Crippen molar-refractivity contribution in [1.82, 2.24) is 9.80 Å². The van der Waals surface area contributed by atoms with Crippen LogP contribution >= 0.6 is 11.8 Å². The van der Waals surface area contributed by atoms with Crippen LogP contribution in [0, 0.1) is 0 Å². The van der Waals surface area contributed by atoms with Crippen LogP contribution in [-0.4, -0.2) is 52.9 Å². The first-order valence-electron chi connectivity index (χ1n) is 7.43. The molecule has 3 rings (SSSR count). The number of thioether (sulfide) groups is 1. The molecule has 1 amide bonds. The maximum absolute atomic E-state index is 12.6. The first-order chi connectivity index (χ1) is 9.75. The number of rotatable bonds is 2. The van der Waals surface area contributed by atoms with Gasteiger partial charge in [-0.3, -0.25) is 9.69 Å². The highest BCUT2D eigenvalue weighted by Crippen LogP contribution is 2.21. The number of benzene rings is 1. The molecule has 20 heavy (non-hydrogen) atoms. The zero-order valence-corrected chi connectivity index (χ0v) is 12.9. The molecule has 0 aliphatic carbocycles. The van der Waals surface area contributed by atoms with Gasteiger partial charge in [-0.2, -0.15) is 11.8 Å². The van der Waals surface area contributed by atoms with Crippen molar-refractivity contribution >= 4 is 17.7 Å². The van der Waals surface area contributed by atoms with Crippen LogP contribution in [-0.2, 0) is 17.8 Å². The average Bonchev–Trinajstić information content (AvgIpc) is 2.54. The van der Waals surface area contributed by atoms with Gasteiger partial charge in [0, 0.05) is 37.7 Å². The first kappa shape index (κ1) is 14.0. The Labute approximate surface area is 125 Å². The molecule has 1 atom stereocenters. The summed E-state index contributed by atoms with van der Waals surface area (Å²) in [6, 6.07) is 8.61. The van der Waals surface area contributed by atoms with Gasteiger partial charge in [-0.05, 0) is 24.5 Å². The van der Waals surface area contributed by atoms with Crippen LogP contribution in [0.15, 0.2) is 24.3 Å². The van der Waals surface area contributed by atoms with E-state index in [1.807, 2.05) is 16.7 Å². The highest BCUT2D eigenvalue weighted by molar-refractivity contribution is 7.99. The Morgan fingerprint density at radius 2 is 1.85 bits per heavy atom. The molecule has 0 N–H and O–H groups in total. The van der Waals surface area contributed by atoms with Crippen LogP contribution in [0.3, 0.4) is 0 Å². The minimum Gasteiger partial charge on any atom is -0.340 e. The lowest BCUT2D eigenvalue weighted by Gasteiger charge is -2.36. The number of hydrogen-bond donors (Lipinski definition) is 0. The number of carbonyl (C=O) groups is 1. The Kier molecular flexibility index (Phi) is 4.32. The van der Waals surface area contributed by atoms with Crippen LogP contribution in [0.1, 0.15) is 18.1 Å². The molecule has 2 aliphatic rings. The van der Waals surface area contributed by atoms with Gasteiger partial charge in [0.15, 0.2) is 0 Å². The molecule has 1 aromatic rings. The summed E-state index contributed by atoms with van der Waals surface area (Å²) >= 11 is 1.95. The van der Waals surface area contributed by atoms with E-state index in [0.717, 1.165) is 44.1 Å². The Morgan fingerprint density at radius 3 is 2.60 bits per heavy atom. The molecular formula is C16H22N2OS. The molecule has 4 heteroatoms. The smallest absolute Gasteiger partial charge is 0.239 e. The SMILES string of the molecule is C[C@H](C(=O)N1CCSCC1)N1CCc2ccccc2C1. The fourth-order valence-electron chi connectivity index (χ4n) is 3.05. The normalized spacial score (nSPS) is 21.4. The molecule has 1 saturated heterocycles. The van der Waals surface area contributed by atoms with Crippen molar-refractivity contribution in [1.29, 1.82) is 0 Å². The van der Waals surface area contributed by atoms with Crippen molar-refractivity contribution in [3.05, 3.63) is 35.4 Å². The van der Waals surface area contributed by atoms with E-state index in [-0.39, 0.29) is 6.04 Å². The second-order valence-electron chi connectivity index (χ2n) is 5.60. The maximum atomic E-state index is 12.6. The zero-order chi connectivity index (χ0) is 13.9. The van der Waals surface area contributed by atoms with Crippen LogP contribution < -0.4 is 0 Å². The predicted molar refractivity (Wildman–Crippen MR) is 83.9 cm³/mol. The summed E-state index contributed by atoms with van der Waals surface area (Å²) in [5.41, 5.74) is 2.82. The first-order valence-corrected chi connectivity index (χ1v) is 8.58. The molecule has 1 fully saturated rings. The van der Waals surface area contributed by atoms with Gasteiger partial charge < -0.3 is 4.90 Å². The molecule has 2 aliphatic heterocycles. The van der Waals surface area contributed by atoms with Crippen LogP contribution in [0.4, 0.5) is 0 Å². The van der Waals surface area contributed by atoms with Gasteiger partial charge in [0.1, 0.15) is 0 Å². The standard InChI is InChI=1S/C16H22N2OS/c1-13(16(19)17-8-10-20-11-9-17)18-7-6-14-4-2-3-5-15(14)12-18/h2-5,13H,6-12H2,1H3/t13-/m1/s1. The maximum Gasteiger partial charge on any atom is 0.239 e. The highest BCUT2D eigenvalue weighted by Gasteiger charge is 2.29. The third-order valence-corrected chi connectivity index (χ3v) is 5.33. The van der Waals surface area contributed by atoms with Crippen LogP contribution in [0.5, 0.6) is 0 Å². The number of nitrogens with zero attached hydrogens (tertiary/aromatic N) is 2. The molecule has 3 nitrogen and oxygen atoms in total. The molecule has 0 aromatic heterocycles. The second-order valence-corrected chi connectivity index (χ2v) is 6.83. The van der Waals surface area contributed by atoms with E-state index in [1.165, 1.54) is 11.1 Å². The van der Waals surface area contributed by atoms with Crippen molar-refractivity contribution in [3.8, 4) is 0 Å². The number of carbonyl (C=O) groups excluding carboxylic acids is 1. The third kappa shape index (κ3) is 2.86. The number of fused-ring (bicyclic) bond motifs is 1. The van der Waals surface area contributed by atoms with Crippen molar-refractivity contribution < 1.29 is 4.79 Å². The Hall–Kier alpha value is -1.00. The van der Waals surface area contributed by atoms with E-state index in [4.69, 9.17) is 0 Å². The average molecular weight is 290 g/mol. The quantitative estimate of drug-likeness (QED) is 0.832. The Balaban J connectivity index is 1.66. The molecule has 108 valence electrons. The molecule has 2 heterocycles. The van der Waals surface area contributed by atoms with E-state index < -0.39 is 0 Å². The molecular weight excluding hydrogens is 268 g/mol. The lowest BCUT2D eigenvalue weighted by molar-refractivity contribution is -0.136. The fraction of sp³-hybridized carbons (Fsp3) is 0.562. The van der Waals surface area contributed by atoms with Gasteiger partial charge in [0.2, 0.25) is 5.91 Å². The topological polar surface area (TPSA) is 23.6 Å². The third-order valence-electron chi connectivity index (χ3n) is 4.39. The van der Waals surface area contributed by atoms with E-state index in [0.29, 0.717) is 5.91 Å². The van der Waals surface area contributed by atoms with Crippen LogP contribution in [0.25, 0.3) is 0 Å². The van der Waals surface area contributed by atoms with Crippen LogP contribution in [0.2, 0.25) is 0 Å². The minimum atomic E-state index is 0.00598. The molecule has 1 aromatic carbocycles. The summed E-state index contributed by atoms with van der Waals surface area (Å²) in [6.45, 7) is 5.80. The Bertz CT molecular complexity index is 485. The lowest BCUT2D eigenvalue weighted by atomic mass is 9.98. The number of hydrogen-bond acceptors (Lipinski definition) is 3. The van der Waals surface area contributed by atoms with Gasteiger partial charge in [-0.1, -0.05) is 24.3 Å². The summed E-state index contributed by atoms with van der Waals surface area (Å²) in [5, 5.41) is 0.